The number of nitrogens with one attached hydrogen (secondary N) is 2. The number of hydrogen-bond donors (Lipinski definition) is 2. The number of sulfone groups is 1. The molecule has 6 nitrogen and oxygen atoms in total. The quantitative estimate of drug-likeness (QED) is 0.782. The zero-order valence-corrected chi connectivity index (χ0v) is 17.5. The molecule has 2 aliphatic heterocycles. The summed E-state index contributed by atoms with van der Waals surface area (Å²) in [6.07, 6.45) is 8.31. The lowest BCUT2D eigenvalue weighted by atomic mass is 9.96. The van der Waals surface area contributed by atoms with Gasteiger partial charge in [-0.3, -0.25) is 9.79 Å². The molecule has 1 saturated carbocycles. The molecule has 0 unspecified atom stereocenters. The normalized spacial score (nSPS) is 27.4. The number of benzene rings is 1. The van der Waals surface area contributed by atoms with Crippen LogP contribution in [0.2, 0.25) is 0 Å². The number of rotatable bonds is 3. The van der Waals surface area contributed by atoms with E-state index in [9.17, 15) is 13.2 Å². The van der Waals surface area contributed by atoms with E-state index in [2.05, 4.69) is 15.6 Å². The summed E-state index contributed by atoms with van der Waals surface area (Å²) in [5.74, 6) is 0.304. The molecule has 28 heavy (non-hydrogen) atoms. The molecule has 1 aliphatic carbocycles. The average Bonchev–Trinajstić information content (AvgIpc) is 3.09. The molecule has 0 spiro atoms. The molecule has 0 bridgehead atoms. The van der Waals surface area contributed by atoms with Gasteiger partial charge >= 0.3 is 0 Å². The van der Waals surface area contributed by atoms with E-state index in [-0.39, 0.29) is 34.7 Å². The topological polar surface area (TPSA) is 87.6 Å². The molecule has 3 aliphatic rings. The Morgan fingerprint density at radius 2 is 1.82 bits per heavy atom. The van der Waals surface area contributed by atoms with Crippen molar-refractivity contribution in [1.29, 1.82) is 0 Å². The first-order valence-corrected chi connectivity index (χ1v) is 12.8. The minimum absolute atomic E-state index is 0.0123. The molecular weight excluding hydrogens is 394 g/mol. The van der Waals surface area contributed by atoms with Crippen LogP contribution in [0.1, 0.15) is 55.3 Å². The van der Waals surface area contributed by atoms with E-state index in [4.69, 9.17) is 0 Å². The van der Waals surface area contributed by atoms with Crippen molar-refractivity contribution in [3.05, 3.63) is 29.8 Å². The van der Waals surface area contributed by atoms with Crippen molar-refractivity contribution in [3.8, 4) is 0 Å². The highest BCUT2D eigenvalue weighted by Gasteiger charge is 2.42. The van der Waals surface area contributed by atoms with Crippen LogP contribution in [0.3, 0.4) is 0 Å². The Morgan fingerprint density at radius 1 is 1.07 bits per heavy atom. The maximum Gasteiger partial charge on any atom is 0.251 e. The summed E-state index contributed by atoms with van der Waals surface area (Å²) in [5, 5.41) is 7.20. The second-order valence-corrected chi connectivity index (χ2v) is 11.3. The van der Waals surface area contributed by atoms with Crippen molar-refractivity contribution in [2.45, 2.75) is 62.3 Å². The second kappa shape index (κ2) is 8.45. The molecule has 1 aromatic carbocycles. The van der Waals surface area contributed by atoms with Gasteiger partial charge < -0.3 is 10.6 Å². The van der Waals surface area contributed by atoms with Crippen molar-refractivity contribution in [1.82, 2.24) is 5.32 Å². The Balaban J connectivity index is 1.37. The molecule has 2 heterocycles. The van der Waals surface area contributed by atoms with Crippen LogP contribution in [0.15, 0.2) is 29.3 Å². The van der Waals surface area contributed by atoms with Gasteiger partial charge in [0, 0.05) is 22.5 Å². The van der Waals surface area contributed by atoms with Gasteiger partial charge in [-0.15, -0.1) is 0 Å². The number of aliphatic imine (C=N–C) groups is 1. The van der Waals surface area contributed by atoms with Gasteiger partial charge in [-0.1, -0.05) is 49.9 Å². The summed E-state index contributed by atoms with van der Waals surface area (Å²) in [4.78, 5) is 17.2. The first kappa shape index (κ1) is 19.8. The number of carbonyl (C=O) groups is 1. The summed E-state index contributed by atoms with van der Waals surface area (Å²) < 4.78 is 23.4. The first-order valence-electron chi connectivity index (χ1n) is 10.1. The number of fused-ring (bicyclic) bond motifs is 1. The van der Waals surface area contributed by atoms with Crippen molar-refractivity contribution < 1.29 is 13.2 Å². The average molecular weight is 422 g/mol. The van der Waals surface area contributed by atoms with Crippen LogP contribution in [-0.4, -0.2) is 48.3 Å². The predicted molar refractivity (Wildman–Crippen MR) is 115 cm³/mol. The minimum atomic E-state index is -2.95. The van der Waals surface area contributed by atoms with Gasteiger partial charge in [-0.05, 0) is 31.0 Å². The molecule has 1 amide bonds. The van der Waals surface area contributed by atoms with Crippen molar-refractivity contribution >= 4 is 38.4 Å². The Labute approximate surface area is 170 Å². The first-order chi connectivity index (χ1) is 13.5. The Hall–Kier alpha value is -1.54. The van der Waals surface area contributed by atoms with Crippen LogP contribution in [0.25, 0.3) is 0 Å². The van der Waals surface area contributed by atoms with E-state index >= 15 is 0 Å². The summed E-state index contributed by atoms with van der Waals surface area (Å²) >= 11 is 1.48. The molecule has 4 rings (SSSR count). The number of anilines is 1. The summed E-state index contributed by atoms with van der Waals surface area (Å²) in [6, 6.07) is 7.55. The smallest absolute Gasteiger partial charge is 0.251 e. The SMILES string of the molecule is O=C(NC1CCCCCCC1)c1cccc(NC2=N[C@H]3CS(=O)(=O)C[C@H]3S2)c1. The van der Waals surface area contributed by atoms with E-state index in [0.717, 1.165) is 23.7 Å². The molecule has 1 aromatic rings. The van der Waals surface area contributed by atoms with E-state index in [1.165, 1.54) is 43.9 Å². The van der Waals surface area contributed by atoms with Gasteiger partial charge in [0.25, 0.3) is 5.91 Å². The van der Waals surface area contributed by atoms with Gasteiger partial charge in [-0.25, -0.2) is 8.42 Å². The van der Waals surface area contributed by atoms with Gasteiger partial charge in [0.15, 0.2) is 15.0 Å². The van der Waals surface area contributed by atoms with Crippen LogP contribution in [-0.2, 0) is 9.84 Å². The second-order valence-electron chi connectivity index (χ2n) is 7.96. The number of amides is 1. The highest BCUT2D eigenvalue weighted by Crippen LogP contribution is 2.34. The van der Waals surface area contributed by atoms with Crippen molar-refractivity contribution in [2.75, 3.05) is 16.8 Å². The Bertz CT molecular complexity index is 861. The predicted octanol–water partition coefficient (Wildman–Crippen LogP) is 3.21. The minimum Gasteiger partial charge on any atom is -0.349 e. The van der Waals surface area contributed by atoms with Gasteiger partial charge in [0.2, 0.25) is 0 Å². The van der Waals surface area contributed by atoms with Gasteiger partial charge in [0.1, 0.15) is 0 Å². The monoisotopic (exact) mass is 421 g/mol. The number of hydrogen-bond acceptors (Lipinski definition) is 6. The zero-order chi connectivity index (χ0) is 19.6. The third-order valence-electron chi connectivity index (χ3n) is 5.63. The van der Waals surface area contributed by atoms with E-state index < -0.39 is 9.84 Å². The van der Waals surface area contributed by atoms with E-state index in [0.29, 0.717) is 5.56 Å². The van der Waals surface area contributed by atoms with Crippen LogP contribution in [0.5, 0.6) is 0 Å². The molecule has 2 fully saturated rings. The molecule has 2 N–H and O–H groups in total. The van der Waals surface area contributed by atoms with Crippen molar-refractivity contribution in [2.24, 2.45) is 4.99 Å². The van der Waals surface area contributed by atoms with Crippen LogP contribution in [0, 0.1) is 0 Å². The maximum atomic E-state index is 12.7. The van der Waals surface area contributed by atoms with E-state index in [1.807, 2.05) is 24.3 Å². The van der Waals surface area contributed by atoms with Gasteiger partial charge in [0.05, 0.1) is 17.5 Å². The molecule has 0 radical (unpaired) electrons. The fourth-order valence-corrected chi connectivity index (χ4v) is 7.82. The molecule has 1 saturated heterocycles. The number of nitrogens with zero attached hydrogens (tertiary/aromatic N) is 1. The summed E-state index contributed by atoms with van der Waals surface area (Å²) in [5.41, 5.74) is 1.44. The van der Waals surface area contributed by atoms with Crippen LogP contribution >= 0.6 is 11.8 Å². The maximum absolute atomic E-state index is 12.7. The lowest BCUT2D eigenvalue weighted by Crippen LogP contribution is -2.35. The summed E-state index contributed by atoms with van der Waals surface area (Å²) in [6.45, 7) is 0. The molecule has 8 heteroatoms. The molecular formula is C20H27N3O3S2. The third-order valence-corrected chi connectivity index (χ3v) is 8.78. The highest BCUT2D eigenvalue weighted by atomic mass is 32.2. The third kappa shape index (κ3) is 4.89. The number of thioether (sulfide) groups is 1. The van der Waals surface area contributed by atoms with E-state index in [1.54, 1.807) is 0 Å². The fraction of sp³-hybridized carbons (Fsp3) is 0.600. The zero-order valence-electron chi connectivity index (χ0n) is 15.9. The lowest BCUT2D eigenvalue weighted by Gasteiger charge is -2.21. The molecule has 2 atom stereocenters. The number of carbonyl (C=O) groups excluding carboxylic acids is 1. The fourth-order valence-electron chi connectivity index (χ4n) is 4.15. The Kier molecular flexibility index (Phi) is 5.96. The van der Waals surface area contributed by atoms with Crippen LogP contribution in [0.4, 0.5) is 5.69 Å². The molecule has 0 aromatic heterocycles. The molecule has 152 valence electrons. The van der Waals surface area contributed by atoms with Crippen LogP contribution < -0.4 is 10.6 Å². The highest BCUT2D eigenvalue weighted by molar-refractivity contribution is 8.15. The Morgan fingerprint density at radius 3 is 2.57 bits per heavy atom. The van der Waals surface area contributed by atoms with Crippen molar-refractivity contribution in [3.63, 3.8) is 0 Å². The lowest BCUT2D eigenvalue weighted by molar-refractivity contribution is 0.0930. The summed E-state index contributed by atoms with van der Waals surface area (Å²) in [7, 11) is -2.95. The largest absolute Gasteiger partial charge is 0.349 e. The standard InChI is InChI=1S/C20H27N3O3S2/c24-19(21-15-8-4-2-1-3-5-9-15)14-7-6-10-16(11-14)22-20-23-17-12-28(25,26)13-18(17)27-20/h6-7,10-11,15,17-18H,1-5,8-9,12-13H2,(H,21,24)(H,22,23)/t17-,18+/m0/s1. The number of amidine groups is 1. The van der Waals surface area contributed by atoms with Gasteiger partial charge in [-0.2, -0.15) is 0 Å².